The second kappa shape index (κ2) is 6.67. The second-order valence-corrected chi connectivity index (χ2v) is 3.77. The fraction of sp³-hybridized carbons (Fsp3) is 0.909. The largest absolute Gasteiger partial charge is 0.510 e. The third-order valence-electron chi connectivity index (χ3n) is 2.48. The zero-order valence-electron chi connectivity index (χ0n) is 9.53. The number of hydrogen-bond acceptors (Lipinski definition) is 4. The van der Waals surface area contributed by atoms with Gasteiger partial charge >= 0.3 is 6.16 Å². The van der Waals surface area contributed by atoms with Crippen LogP contribution in [0.3, 0.4) is 0 Å². The minimum Gasteiger partial charge on any atom is -0.431 e. The van der Waals surface area contributed by atoms with Gasteiger partial charge in [-0.05, 0) is 39.5 Å². The van der Waals surface area contributed by atoms with Gasteiger partial charge in [-0.1, -0.05) is 6.42 Å². The molecular formula is C11H20O4. The van der Waals surface area contributed by atoms with Crippen molar-refractivity contribution in [1.82, 2.24) is 0 Å². The minimum atomic E-state index is -0.608. The van der Waals surface area contributed by atoms with Gasteiger partial charge in [-0.3, -0.25) is 0 Å². The van der Waals surface area contributed by atoms with Gasteiger partial charge in [0.15, 0.2) is 0 Å². The van der Waals surface area contributed by atoms with Crippen molar-refractivity contribution in [3.05, 3.63) is 0 Å². The first-order valence-electron chi connectivity index (χ1n) is 5.71. The van der Waals surface area contributed by atoms with Gasteiger partial charge in [0.2, 0.25) is 6.29 Å². The van der Waals surface area contributed by atoms with Gasteiger partial charge in [0.25, 0.3) is 0 Å². The molecule has 1 rings (SSSR count). The van der Waals surface area contributed by atoms with Crippen LogP contribution in [0.1, 0.15) is 46.0 Å². The van der Waals surface area contributed by atoms with E-state index in [1.165, 1.54) is 6.42 Å². The van der Waals surface area contributed by atoms with Crippen LogP contribution in [0.4, 0.5) is 4.79 Å². The Kier molecular flexibility index (Phi) is 5.47. The highest BCUT2D eigenvalue weighted by Crippen LogP contribution is 2.20. The molecule has 1 saturated carbocycles. The topological polar surface area (TPSA) is 44.8 Å². The molecule has 88 valence electrons. The van der Waals surface area contributed by atoms with Crippen molar-refractivity contribution in [3.63, 3.8) is 0 Å². The highest BCUT2D eigenvalue weighted by molar-refractivity contribution is 5.60. The van der Waals surface area contributed by atoms with E-state index < -0.39 is 12.4 Å². The maximum Gasteiger partial charge on any atom is 0.510 e. The summed E-state index contributed by atoms with van der Waals surface area (Å²) >= 11 is 0. The summed E-state index contributed by atoms with van der Waals surface area (Å²) in [4.78, 5) is 11.3. The Bertz CT molecular complexity index is 187. The number of hydrogen-bond donors (Lipinski definition) is 0. The van der Waals surface area contributed by atoms with Crippen LogP contribution in [0.25, 0.3) is 0 Å². The van der Waals surface area contributed by atoms with E-state index in [0.717, 1.165) is 25.7 Å². The van der Waals surface area contributed by atoms with Crippen LogP contribution in [-0.2, 0) is 14.2 Å². The molecule has 15 heavy (non-hydrogen) atoms. The molecule has 0 amide bonds. The molecule has 4 heteroatoms. The normalized spacial score (nSPS) is 19.6. The van der Waals surface area contributed by atoms with Crippen molar-refractivity contribution >= 4 is 6.16 Å². The molecule has 0 spiro atoms. The summed E-state index contributed by atoms with van der Waals surface area (Å²) in [6.45, 7) is 4.07. The quantitative estimate of drug-likeness (QED) is 0.535. The van der Waals surface area contributed by atoms with E-state index in [9.17, 15) is 4.79 Å². The van der Waals surface area contributed by atoms with Crippen molar-refractivity contribution in [2.75, 3.05) is 6.61 Å². The number of carbonyl (C=O) groups excluding carboxylic acids is 1. The van der Waals surface area contributed by atoms with Gasteiger partial charge in [0.1, 0.15) is 6.10 Å². The molecule has 0 aromatic carbocycles. The molecule has 4 nitrogen and oxygen atoms in total. The zero-order chi connectivity index (χ0) is 11.1. The lowest BCUT2D eigenvalue weighted by Crippen LogP contribution is -2.25. The van der Waals surface area contributed by atoms with Gasteiger partial charge in [0.05, 0.1) is 0 Å². The lowest BCUT2D eigenvalue weighted by molar-refractivity contribution is -0.115. The molecule has 0 bridgehead atoms. The number of ether oxygens (including phenoxy) is 3. The average molecular weight is 216 g/mol. The molecular weight excluding hydrogens is 196 g/mol. The van der Waals surface area contributed by atoms with Crippen LogP contribution in [0, 0.1) is 0 Å². The summed E-state index contributed by atoms with van der Waals surface area (Å²) in [6, 6.07) is 0. The molecule has 1 unspecified atom stereocenters. The highest BCUT2D eigenvalue weighted by atomic mass is 16.8. The Morgan fingerprint density at radius 3 is 2.60 bits per heavy atom. The third kappa shape index (κ3) is 5.02. The smallest absolute Gasteiger partial charge is 0.431 e. The monoisotopic (exact) mass is 216 g/mol. The first-order valence-corrected chi connectivity index (χ1v) is 5.71. The lowest BCUT2D eigenvalue weighted by atomic mass is 9.98. The average Bonchev–Trinajstić information content (AvgIpc) is 2.19. The Hall–Kier alpha value is -0.770. The van der Waals surface area contributed by atoms with Gasteiger partial charge in [-0.2, -0.15) is 0 Å². The summed E-state index contributed by atoms with van der Waals surface area (Å²) in [6.07, 6.45) is 4.34. The van der Waals surface area contributed by atoms with Crippen LogP contribution in [0.2, 0.25) is 0 Å². The third-order valence-corrected chi connectivity index (χ3v) is 2.48. The summed E-state index contributed by atoms with van der Waals surface area (Å²) < 4.78 is 15.2. The van der Waals surface area contributed by atoms with Crippen LogP contribution in [-0.4, -0.2) is 25.2 Å². The molecule has 0 radical (unpaired) electrons. The van der Waals surface area contributed by atoms with Crippen molar-refractivity contribution in [1.29, 1.82) is 0 Å². The lowest BCUT2D eigenvalue weighted by Gasteiger charge is -2.22. The molecule has 1 atom stereocenters. The van der Waals surface area contributed by atoms with E-state index in [0.29, 0.717) is 6.61 Å². The predicted molar refractivity (Wildman–Crippen MR) is 55.5 cm³/mol. The maximum atomic E-state index is 11.3. The first-order chi connectivity index (χ1) is 7.22. The van der Waals surface area contributed by atoms with E-state index in [4.69, 9.17) is 14.2 Å². The van der Waals surface area contributed by atoms with E-state index >= 15 is 0 Å². The zero-order valence-corrected chi connectivity index (χ0v) is 9.53. The summed E-state index contributed by atoms with van der Waals surface area (Å²) in [5, 5.41) is 0. The number of carbonyl (C=O) groups is 1. The molecule has 0 saturated heterocycles. The standard InChI is InChI=1S/C11H20O4/c1-3-13-9(2)14-11(12)15-10-7-5-4-6-8-10/h9-10H,3-8H2,1-2H3. The Morgan fingerprint density at radius 1 is 1.33 bits per heavy atom. The van der Waals surface area contributed by atoms with Gasteiger partial charge in [0, 0.05) is 6.61 Å². The Morgan fingerprint density at radius 2 is 2.00 bits per heavy atom. The fourth-order valence-electron chi connectivity index (χ4n) is 1.75. The molecule has 1 aliphatic rings. The van der Waals surface area contributed by atoms with Gasteiger partial charge < -0.3 is 14.2 Å². The van der Waals surface area contributed by atoms with E-state index in [-0.39, 0.29) is 6.10 Å². The van der Waals surface area contributed by atoms with E-state index in [1.54, 1.807) is 6.92 Å². The van der Waals surface area contributed by atoms with Crippen molar-refractivity contribution in [2.24, 2.45) is 0 Å². The van der Waals surface area contributed by atoms with Crippen LogP contribution in [0.15, 0.2) is 0 Å². The van der Waals surface area contributed by atoms with Crippen LogP contribution in [0.5, 0.6) is 0 Å². The highest BCUT2D eigenvalue weighted by Gasteiger charge is 2.19. The van der Waals surface area contributed by atoms with Crippen molar-refractivity contribution in [2.45, 2.75) is 58.3 Å². The molecule has 1 fully saturated rings. The molecule has 0 heterocycles. The summed E-state index contributed by atoms with van der Waals surface area (Å²) in [5.74, 6) is 0. The van der Waals surface area contributed by atoms with Crippen molar-refractivity contribution in [3.8, 4) is 0 Å². The molecule has 0 aromatic heterocycles. The Labute approximate surface area is 90.9 Å². The number of rotatable bonds is 4. The van der Waals surface area contributed by atoms with E-state index in [1.807, 2.05) is 6.92 Å². The molecule has 0 aliphatic heterocycles. The van der Waals surface area contributed by atoms with Crippen molar-refractivity contribution < 1.29 is 19.0 Å². The summed E-state index contributed by atoms with van der Waals surface area (Å²) in [5.41, 5.74) is 0. The van der Waals surface area contributed by atoms with Gasteiger partial charge in [-0.15, -0.1) is 0 Å². The molecule has 0 N–H and O–H groups in total. The predicted octanol–water partition coefficient (Wildman–Crippen LogP) is 2.85. The van der Waals surface area contributed by atoms with E-state index in [2.05, 4.69) is 0 Å². The molecule has 0 aromatic rings. The Balaban J connectivity index is 2.16. The minimum absolute atomic E-state index is 0.0417. The summed E-state index contributed by atoms with van der Waals surface area (Å²) in [7, 11) is 0. The molecule has 1 aliphatic carbocycles. The van der Waals surface area contributed by atoms with Crippen LogP contribution < -0.4 is 0 Å². The fourth-order valence-corrected chi connectivity index (χ4v) is 1.75. The van der Waals surface area contributed by atoms with Crippen LogP contribution >= 0.6 is 0 Å². The van der Waals surface area contributed by atoms with Gasteiger partial charge in [-0.25, -0.2) is 4.79 Å². The second-order valence-electron chi connectivity index (χ2n) is 3.77. The SMILES string of the molecule is CCOC(C)OC(=O)OC1CCCCC1. The first kappa shape index (κ1) is 12.3. The maximum absolute atomic E-state index is 11.3.